The van der Waals surface area contributed by atoms with Crippen molar-refractivity contribution >= 4 is 39.9 Å². The van der Waals surface area contributed by atoms with Gasteiger partial charge in [0, 0.05) is 24.5 Å². The number of methoxy groups -OCH3 is 1. The van der Waals surface area contributed by atoms with Gasteiger partial charge in [-0.05, 0) is 67.9 Å². The molecule has 0 unspecified atom stereocenters. The highest BCUT2D eigenvalue weighted by atomic mass is 32.2. The van der Waals surface area contributed by atoms with E-state index in [0.29, 0.717) is 18.4 Å². The number of hydrazone groups is 1. The number of carbonyl (C=O) groups is 1. The Morgan fingerprint density at radius 1 is 1.15 bits per heavy atom. The number of rotatable bonds is 3. The summed E-state index contributed by atoms with van der Waals surface area (Å²) in [5, 5.41) is 15.9. The maximum atomic E-state index is 12.9. The van der Waals surface area contributed by atoms with Gasteiger partial charge in [0.15, 0.2) is 11.0 Å². The van der Waals surface area contributed by atoms with Gasteiger partial charge < -0.3 is 18.9 Å². The average molecular weight is 479 g/mol. The van der Waals surface area contributed by atoms with Crippen LogP contribution in [0.25, 0.3) is 11.8 Å². The molecule has 3 aliphatic heterocycles. The standard InChI is InChI=1S/C24H26N6O3S/c1-14-5-6-20(32-4)19(11-14)29-15(2)12-17(16(29)3)13-18-21(25)30-23(26-22(18)31)34-24(27-30)28-7-9-33-10-8-28/h5-6,11-13,25H,7-10H2,1-4H3/b18-13+,25-21?. The highest BCUT2D eigenvalue weighted by Gasteiger charge is 2.37. The summed E-state index contributed by atoms with van der Waals surface area (Å²) in [5.74, 6) is 0.366. The molecule has 0 spiro atoms. The molecule has 3 aliphatic rings. The molecule has 2 aromatic rings. The van der Waals surface area contributed by atoms with Crippen LogP contribution < -0.4 is 4.74 Å². The monoisotopic (exact) mass is 478 g/mol. The highest BCUT2D eigenvalue weighted by molar-refractivity contribution is 8.26. The van der Waals surface area contributed by atoms with Gasteiger partial charge in [0.05, 0.1) is 31.6 Å². The van der Waals surface area contributed by atoms with E-state index in [9.17, 15) is 4.79 Å². The van der Waals surface area contributed by atoms with Crippen LogP contribution in [0.15, 0.2) is 39.9 Å². The molecule has 0 bridgehead atoms. The van der Waals surface area contributed by atoms with Gasteiger partial charge in [-0.3, -0.25) is 10.2 Å². The second-order valence-electron chi connectivity index (χ2n) is 8.34. The second-order valence-corrected chi connectivity index (χ2v) is 9.27. The van der Waals surface area contributed by atoms with Gasteiger partial charge in [-0.1, -0.05) is 6.07 Å². The average Bonchev–Trinajstić information content (AvgIpc) is 3.37. The number of fused-ring (bicyclic) bond motifs is 1. The van der Waals surface area contributed by atoms with Gasteiger partial charge in [-0.2, -0.15) is 10.0 Å². The predicted octanol–water partition coefficient (Wildman–Crippen LogP) is 3.32. The number of carbonyl (C=O) groups excluding carboxylic acids is 1. The molecular weight excluding hydrogens is 452 g/mol. The Balaban J connectivity index is 1.50. The fraction of sp³-hybridized carbons (Fsp3) is 0.333. The number of morpholine rings is 1. The molecule has 1 amide bonds. The van der Waals surface area contributed by atoms with Gasteiger partial charge in [-0.25, -0.2) is 0 Å². The molecule has 4 heterocycles. The number of ether oxygens (including phenoxy) is 2. The second kappa shape index (κ2) is 8.77. The molecule has 1 N–H and O–H groups in total. The van der Waals surface area contributed by atoms with Gasteiger partial charge >= 0.3 is 0 Å². The van der Waals surface area contributed by atoms with Crippen molar-refractivity contribution in [1.29, 1.82) is 5.41 Å². The van der Waals surface area contributed by atoms with E-state index in [0.717, 1.165) is 52.2 Å². The number of benzene rings is 1. The van der Waals surface area contributed by atoms with Gasteiger partial charge in [0.2, 0.25) is 5.17 Å². The van der Waals surface area contributed by atoms with E-state index in [4.69, 9.17) is 14.9 Å². The van der Waals surface area contributed by atoms with E-state index in [2.05, 4.69) is 25.6 Å². The summed E-state index contributed by atoms with van der Waals surface area (Å²) in [6.45, 7) is 8.77. The molecule has 1 fully saturated rings. The van der Waals surface area contributed by atoms with Crippen molar-refractivity contribution in [2.24, 2.45) is 10.1 Å². The minimum Gasteiger partial charge on any atom is -0.495 e. The summed E-state index contributed by atoms with van der Waals surface area (Å²) in [6.07, 6.45) is 1.74. The van der Waals surface area contributed by atoms with Crippen LogP contribution in [-0.4, -0.2) is 70.0 Å². The molecule has 34 heavy (non-hydrogen) atoms. The van der Waals surface area contributed by atoms with E-state index in [1.807, 2.05) is 39.0 Å². The topological polar surface area (TPSA) is 95.5 Å². The van der Waals surface area contributed by atoms with Crippen molar-refractivity contribution < 1.29 is 14.3 Å². The fourth-order valence-corrected chi connectivity index (χ4v) is 5.24. The zero-order valence-corrected chi connectivity index (χ0v) is 20.4. The first-order valence-electron chi connectivity index (χ1n) is 11.0. The normalized spacial score (nSPS) is 19.5. The first kappa shape index (κ1) is 22.4. The minimum absolute atomic E-state index is 0.0312. The van der Waals surface area contributed by atoms with E-state index >= 15 is 0 Å². The third kappa shape index (κ3) is 3.82. The van der Waals surface area contributed by atoms with Crippen LogP contribution in [0.5, 0.6) is 5.75 Å². The first-order chi connectivity index (χ1) is 16.4. The van der Waals surface area contributed by atoms with Crippen LogP contribution in [0, 0.1) is 26.2 Å². The lowest BCUT2D eigenvalue weighted by atomic mass is 10.1. The maximum absolute atomic E-state index is 12.9. The first-order valence-corrected chi connectivity index (χ1v) is 11.9. The van der Waals surface area contributed by atoms with Crippen molar-refractivity contribution in [3.63, 3.8) is 0 Å². The molecule has 9 nitrogen and oxygen atoms in total. The number of hydrogen-bond acceptors (Lipinski definition) is 7. The lowest BCUT2D eigenvalue weighted by molar-refractivity contribution is -0.114. The number of hydrogen-bond donors (Lipinski definition) is 1. The highest BCUT2D eigenvalue weighted by Crippen LogP contribution is 2.32. The molecule has 0 radical (unpaired) electrons. The Bertz CT molecular complexity index is 1290. The van der Waals surface area contributed by atoms with E-state index < -0.39 is 5.91 Å². The van der Waals surface area contributed by atoms with Crippen LogP contribution in [0.1, 0.15) is 22.5 Å². The van der Waals surface area contributed by atoms with Crippen LogP contribution in [-0.2, 0) is 9.53 Å². The lowest BCUT2D eigenvalue weighted by Gasteiger charge is -2.26. The number of nitrogens with zero attached hydrogens (tertiary/aromatic N) is 5. The fourth-order valence-electron chi connectivity index (χ4n) is 4.30. The number of nitrogens with one attached hydrogen (secondary N) is 1. The number of thioether (sulfide) groups is 1. The van der Waals surface area contributed by atoms with Crippen molar-refractivity contribution in [1.82, 2.24) is 14.5 Å². The van der Waals surface area contributed by atoms with E-state index in [1.165, 1.54) is 16.8 Å². The summed E-state index contributed by atoms with van der Waals surface area (Å²) in [7, 11) is 1.66. The van der Waals surface area contributed by atoms with Crippen molar-refractivity contribution in [2.75, 3.05) is 33.4 Å². The molecule has 5 rings (SSSR count). The Labute approximate surface area is 202 Å². The van der Waals surface area contributed by atoms with Crippen molar-refractivity contribution in [3.8, 4) is 11.4 Å². The third-order valence-corrected chi connectivity index (χ3v) is 7.04. The summed E-state index contributed by atoms with van der Waals surface area (Å²) in [6, 6.07) is 8.04. The Morgan fingerprint density at radius 2 is 1.91 bits per heavy atom. The molecule has 176 valence electrons. The third-order valence-electron chi connectivity index (χ3n) is 6.07. The summed E-state index contributed by atoms with van der Waals surface area (Å²) < 4.78 is 13.1. The van der Waals surface area contributed by atoms with E-state index in [1.54, 1.807) is 13.2 Å². The molecule has 1 aromatic carbocycles. The molecular formula is C24H26N6O3S. The van der Waals surface area contributed by atoms with Crippen LogP contribution in [0.2, 0.25) is 0 Å². The van der Waals surface area contributed by atoms with Crippen molar-refractivity contribution in [2.45, 2.75) is 20.8 Å². The molecule has 1 saturated heterocycles. The minimum atomic E-state index is -0.430. The number of amides is 1. The predicted molar refractivity (Wildman–Crippen MR) is 134 cm³/mol. The maximum Gasteiger partial charge on any atom is 0.283 e. The Kier molecular flexibility index (Phi) is 5.78. The zero-order valence-electron chi connectivity index (χ0n) is 19.6. The molecule has 1 aromatic heterocycles. The van der Waals surface area contributed by atoms with Crippen LogP contribution in [0.3, 0.4) is 0 Å². The number of amidine groups is 3. The number of aliphatic imine (C=N–C) groups is 1. The molecule has 0 saturated carbocycles. The summed E-state index contributed by atoms with van der Waals surface area (Å²) in [5.41, 5.74) is 5.05. The quantitative estimate of drug-likeness (QED) is 0.680. The Hall–Kier alpha value is -3.37. The van der Waals surface area contributed by atoms with Gasteiger partial charge in [0.1, 0.15) is 5.75 Å². The smallest absolute Gasteiger partial charge is 0.283 e. The lowest BCUT2D eigenvalue weighted by Crippen LogP contribution is -2.39. The molecule has 10 heteroatoms. The summed E-state index contributed by atoms with van der Waals surface area (Å²) >= 11 is 1.32. The van der Waals surface area contributed by atoms with Gasteiger partial charge in [-0.15, -0.1) is 5.10 Å². The van der Waals surface area contributed by atoms with Crippen molar-refractivity contribution in [3.05, 3.63) is 52.4 Å². The van der Waals surface area contributed by atoms with E-state index in [-0.39, 0.29) is 11.4 Å². The SMILES string of the molecule is COc1ccc(C)cc1-n1c(C)cc(/C=C2\C(=N)N3N=C(N4CCOCC4)SC3=NC2=O)c1C. The van der Waals surface area contributed by atoms with Gasteiger partial charge in [0.25, 0.3) is 5.91 Å². The number of aryl methyl sites for hydroxylation is 2. The summed E-state index contributed by atoms with van der Waals surface area (Å²) in [4.78, 5) is 19.2. The largest absolute Gasteiger partial charge is 0.495 e. The zero-order chi connectivity index (χ0) is 24.0. The van der Waals surface area contributed by atoms with Crippen LogP contribution >= 0.6 is 11.8 Å². The number of aromatic nitrogens is 1. The molecule has 0 atom stereocenters. The van der Waals surface area contributed by atoms with Crippen LogP contribution in [0.4, 0.5) is 0 Å². The molecule has 0 aliphatic carbocycles. The Morgan fingerprint density at radius 3 is 2.65 bits per heavy atom.